The van der Waals surface area contributed by atoms with Crippen LogP contribution in [0.5, 0.6) is 0 Å². The summed E-state index contributed by atoms with van der Waals surface area (Å²) in [5.41, 5.74) is 10.3. The maximum absolute atomic E-state index is 2.33. The number of benzene rings is 4. The summed E-state index contributed by atoms with van der Waals surface area (Å²) < 4.78 is 0. The van der Waals surface area contributed by atoms with Crippen LogP contribution in [-0.2, 0) is 0 Å². The molecule has 2 heterocycles. The monoisotopic (exact) mass is 645 g/mol. The Labute approximate surface area is 289 Å². The van der Waals surface area contributed by atoms with Crippen LogP contribution < -0.4 is 0 Å². The molecule has 0 amide bonds. The van der Waals surface area contributed by atoms with Gasteiger partial charge in [-0.25, -0.2) is 0 Å². The summed E-state index contributed by atoms with van der Waals surface area (Å²) >= 11 is 3.72. The first-order chi connectivity index (χ1) is 23.0. The molecule has 0 unspecified atom stereocenters. The highest BCUT2D eigenvalue weighted by atomic mass is 32.2. The summed E-state index contributed by atoms with van der Waals surface area (Å²) in [5, 5.41) is 0. The van der Waals surface area contributed by atoms with Crippen LogP contribution in [0.1, 0.15) is 67.3 Å². The zero-order valence-corrected chi connectivity index (χ0v) is 29.2. The van der Waals surface area contributed by atoms with E-state index in [1.807, 2.05) is 23.1 Å². The number of hydrogen-bond donors (Lipinski definition) is 0. The lowest BCUT2D eigenvalue weighted by molar-refractivity contribution is 0.863. The quantitative estimate of drug-likeness (QED) is 0.114. The van der Waals surface area contributed by atoms with E-state index in [9.17, 15) is 0 Å². The van der Waals surface area contributed by atoms with Gasteiger partial charge in [0, 0.05) is 33.1 Å². The second-order valence-corrected chi connectivity index (χ2v) is 14.5. The second kappa shape index (κ2) is 15.4. The lowest BCUT2D eigenvalue weighted by Gasteiger charge is -2.20. The third-order valence-corrected chi connectivity index (χ3v) is 10.5. The van der Waals surface area contributed by atoms with Crippen LogP contribution in [0, 0.1) is 0 Å². The Morgan fingerprint density at radius 3 is 1.77 bits per heavy atom. The maximum atomic E-state index is 2.33. The van der Waals surface area contributed by atoms with Crippen LogP contribution >= 0.6 is 23.1 Å². The minimum atomic E-state index is 0.455. The fourth-order valence-corrected chi connectivity index (χ4v) is 8.19. The van der Waals surface area contributed by atoms with Crippen LogP contribution in [0.25, 0.3) is 36.8 Å². The highest BCUT2D eigenvalue weighted by Crippen LogP contribution is 2.45. The first kappa shape index (κ1) is 32.4. The SMILES string of the molecule is CC(C)c1ccccc1C1=C\C(=C/C=C/C=C/c2cc(-c3ccccc3)[s+]c(-c3ccccc3C(C)C)c2)C=C(c2ccccc2)S1. The molecular formula is C45H41S2+. The molecule has 1 aromatic heterocycles. The average molecular weight is 646 g/mol. The third kappa shape index (κ3) is 8.08. The van der Waals surface area contributed by atoms with E-state index in [1.54, 1.807) is 0 Å². The van der Waals surface area contributed by atoms with E-state index in [1.165, 1.54) is 64.1 Å². The van der Waals surface area contributed by atoms with Gasteiger partial charge in [-0.1, -0.05) is 161 Å². The van der Waals surface area contributed by atoms with E-state index in [2.05, 4.69) is 192 Å². The van der Waals surface area contributed by atoms with Crippen molar-refractivity contribution in [2.45, 2.75) is 39.5 Å². The Hall–Kier alpha value is -4.50. The van der Waals surface area contributed by atoms with Crippen molar-refractivity contribution < 1.29 is 0 Å². The van der Waals surface area contributed by atoms with Gasteiger partial charge in [-0.15, -0.1) is 0 Å². The van der Waals surface area contributed by atoms with Crippen LogP contribution in [0.2, 0.25) is 0 Å². The topological polar surface area (TPSA) is 0 Å². The van der Waals surface area contributed by atoms with Crippen molar-refractivity contribution in [2.24, 2.45) is 0 Å². The molecule has 0 bridgehead atoms. The normalized spacial score (nSPS) is 14.4. The number of hydrogen-bond acceptors (Lipinski definition) is 1. The van der Waals surface area contributed by atoms with Crippen molar-refractivity contribution in [1.29, 1.82) is 0 Å². The van der Waals surface area contributed by atoms with Gasteiger partial charge >= 0.3 is 0 Å². The second-order valence-electron chi connectivity index (χ2n) is 12.4. The fourth-order valence-electron chi connectivity index (χ4n) is 5.84. The van der Waals surface area contributed by atoms with Crippen molar-refractivity contribution >= 4 is 39.0 Å². The molecule has 0 fully saturated rings. The Balaban J connectivity index is 1.33. The zero-order valence-electron chi connectivity index (χ0n) is 27.6. The molecule has 5 aromatic rings. The molecule has 0 aliphatic carbocycles. The first-order valence-corrected chi connectivity index (χ1v) is 18.0. The van der Waals surface area contributed by atoms with E-state index >= 15 is 0 Å². The van der Waals surface area contributed by atoms with E-state index in [4.69, 9.17) is 0 Å². The summed E-state index contributed by atoms with van der Waals surface area (Å²) in [6.45, 7) is 9.09. The molecule has 0 N–H and O–H groups in total. The number of allylic oxidation sites excluding steroid dienone is 7. The lowest BCUT2D eigenvalue weighted by Crippen LogP contribution is -1.97. The van der Waals surface area contributed by atoms with Crippen molar-refractivity contribution in [3.05, 3.63) is 191 Å². The van der Waals surface area contributed by atoms with Crippen LogP contribution in [0.15, 0.2) is 163 Å². The number of thioether (sulfide) groups is 1. The molecule has 0 radical (unpaired) electrons. The maximum Gasteiger partial charge on any atom is 0.239 e. The largest absolute Gasteiger partial charge is 0.239 e. The van der Waals surface area contributed by atoms with E-state index in [-0.39, 0.29) is 0 Å². The molecule has 4 aromatic carbocycles. The highest BCUT2D eigenvalue weighted by molar-refractivity contribution is 8.16. The van der Waals surface area contributed by atoms with Gasteiger partial charge in [0.15, 0.2) is 0 Å². The van der Waals surface area contributed by atoms with E-state index < -0.39 is 0 Å². The molecule has 6 rings (SSSR count). The molecule has 232 valence electrons. The first-order valence-electron chi connectivity index (χ1n) is 16.4. The molecule has 1 aliphatic rings. The molecule has 1 aliphatic heterocycles. The van der Waals surface area contributed by atoms with Crippen LogP contribution in [0.4, 0.5) is 0 Å². The van der Waals surface area contributed by atoms with Crippen LogP contribution in [0.3, 0.4) is 0 Å². The van der Waals surface area contributed by atoms with Gasteiger partial charge < -0.3 is 0 Å². The minimum absolute atomic E-state index is 0.455. The van der Waals surface area contributed by atoms with Gasteiger partial charge in [0.1, 0.15) is 0 Å². The zero-order chi connectivity index (χ0) is 32.6. The summed E-state index contributed by atoms with van der Waals surface area (Å²) in [5.74, 6) is 0.911. The smallest absolute Gasteiger partial charge is 0.0888 e. The van der Waals surface area contributed by atoms with Crippen molar-refractivity contribution in [3.8, 4) is 20.9 Å². The number of rotatable bonds is 9. The predicted molar refractivity (Wildman–Crippen MR) is 210 cm³/mol. The van der Waals surface area contributed by atoms with E-state index in [0.29, 0.717) is 11.8 Å². The summed E-state index contributed by atoms with van der Waals surface area (Å²) in [6, 6.07) is 43.7. The summed E-state index contributed by atoms with van der Waals surface area (Å²) in [7, 11) is 0. The van der Waals surface area contributed by atoms with Gasteiger partial charge in [0.2, 0.25) is 21.1 Å². The molecule has 0 saturated carbocycles. The molecular weight excluding hydrogens is 605 g/mol. The van der Waals surface area contributed by atoms with Gasteiger partial charge in [0.25, 0.3) is 0 Å². The van der Waals surface area contributed by atoms with Crippen molar-refractivity contribution in [2.75, 3.05) is 0 Å². The predicted octanol–water partition coefficient (Wildman–Crippen LogP) is 13.9. The van der Waals surface area contributed by atoms with Gasteiger partial charge in [-0.05, 0) is 75.6 Å². The lowest BCUT2D eigenvalue weighted by atomic mass is 9.96. The molecule has 47 heavy (non-hydrogen) atoms. The Morgan fingerprint density at radius 1 is 0.532 bits per heavy atom. The standard InChI is InChI=1S/C45H41S2/c1-32(2)38-24-14-16-26-40(38)44-30-34(28-42(46-44)36-20-10-6-11-21-36)18-8-5-9-19-35-29-43(37-22-12-7-13-23-37)47-45(31-35)41-27-17-15-25-39(41)33(3)4/h5-33H,1-4H3/q+1. The summed E-state index contributed by atoms with van der Waals surface area (Å²) in [6.07, 6.45) is 15.5. The average Bonchev–Trinajstić information content (AvgIpc) is 3.12. The van der Waals surface area contributed by atoms with Crippen LogP contribution in [-0.4, -0.2) is 0 Å². The van der Waals surface area contributed by atoms with E-state index in [0.717, 1.165) is 0 Å². The molecule has 0 saturated heterocycles. The van der Waals surface area contributed by atoms with Crippen molar-refractivity contribution in [1.82, 2.24) is 0 Å². The Morgan fingerprint density at radius 2 is 1.09 bits per heavy atom. The summed E-state index contributed by atoms with van der Waals surface area (Å²) in [4.78, 5) is 5.12. The Bertz CT molecular complexity index is 1990. The minimum Gasteiger partial charge on any atom is -0.0888 e. The molecule has 0 spiro atoms. The van der Waals surface area contributed by atoms with Gasteiger partial charge in [0.05, 0.1) is 0 Å². The fraction of sp³-hybridized carbons (Fsp3) is 0.133. The van der Waals surface area contributed by atoms with Gasteiger partial charge in [-0.2, -0.15) is 0 Å². The Kier molecular flexibility index (Phi) is 10.6. The van der Waals surface area contributed by atoms with Crippen molar-refractivity contribution in [3.63, 3.8) is 0 Å². The molecule has 0 nitrogen and oxygen atoms in total. The third-order valence-electron chi connectivity index (χ3n) is 8.24. The van der Waals surface area contributed by atoms with Gasteiger partial charge in [-0.3, -0.25) is 0 Å². The molecule has 2 heteroatoms. The molecule has 0 atom stereocenters. The highest BCUT2D eigenvalue weighted by Gasteiger charge is 2.21.